The SMILES string of the molecule is O=C(O)CCCCNC(=O)c1cncc(-c2ccc3c(c2)CCO3)c1. The first kappa shape index (κ1) is 17.0. The van der Waals surface area contributed by atoms with Crippen LogP contribution < -0.4 is 10.1 Å². The molecule has 1 aromatic carbocycles. The number of pyridine rings is 1. The number of rotatable bonds is 7. The third-order valence-corrected chi connectivity index (χ3v) is 4.13. The zero-order valence-electron chi connectivity index (χ0n) is 13.8. The van der Waals surface area contributed by atoms with Gasteiger partial charge in [-0.15, -0.1) is 0 Å². The van der Waals surface area contributed by atoms with E-state index in [0.29, 0.717) is 31.6 Å². The number of unbranched alkanes of at least 4 members (excludes halogenated alkanes) is 1. The molecule has 6 heteroatoms. The van der Waals surface area contributed by atoms with Gasteiger partial charge in [0.2, 0.25) is 0 Å². The number of carbonyl (C=O) groups excluding carboxylic acids is 1. The van der Waals surface area contributed by atoms with Crippen LogP contribution in [0.25, 0.3) is 11.1 Å². The Balaban J connectivity index is 1.63. The number of aromatic nitrogens is 1. The van der Waals surface area contributed by atoms with Gasteiger partial charge in [-0.1, -0.05) is 6.07 Å². The number of hydrogen-bond donors (Lipinski definition) is 2. The van der Waals surface area contributed by atoms with Crippen molar-refractivity contribution in [2.45, 2.75) is 25.7 Å². The van der Waals surface area contributed by atoms with Crippen LogP contribution in [0.2, 0.25) is 0 Å². The van der Waals surface area contributed by atoms with E-state index in [-0.39, 0.29) is 12.3 Å². The molecule has 25 heavy (non-hydrogen) atoms. The highest BCUT2D eigenvalue weighted by Gasteiger charge is 2.14. The van der Waals surface area contributed by atoms with Crippen LogP contribution >= 0.6 is 0 Å². The van der Waals surface area contributed by atoms with Crippen molar-refractivity contribution in [3.8, 4) is 16.9 Å². The summed E-state index contributed by atoms with van der Waals surface area (Å²) in [5.74, 6) is -0.0934. The van der Waals surface area contributed by atoms with Crippen molar-refractivity contribution in [2.24, 2.45) is 0 Å². The molecular formula is C19H20N2O4. The third-order valence-electron chi connectivity index (χ3n) is 4.13. The quantitative estimate of drug-likeness (QED) is 0.757. The van der Waals surface area contributed by atoms with E-state index >= 15 is 0 Å². The smallest absolute Gasteiger partial charge is 0.303 e. The number of hydrogen-bond acceptors (Lipinski definition) is 4. The summed E-state index contributed by atoms with van der Waals surface area (Å²) in [5, 5.41) is 11.4. The van der Waals surface area contributed by atoms with E-state index < -0.39 is 5.97 Å². The Hall–Kier alpha value is -2.89. The molecule has 0 spiro atoms. The zero-order valence-corrected chi connectivity index (χ0v) is 13.8. The van der Waals surface area contributed by atoms with E-state index in [9.17, 15) is 9.59 Å². The van der Waals surface area contributed by atoms with Crippen molar-refractivity contribution in [3.63, 3.8) is 0 Å². The van der Waals surface area contributed by atoms with Gasteiger partial charge in [-0.25, -0.2) is 0 Å². The van der Waals surface area contributed by atoms with Crippen molar-refractivity contribution in [2.75, 3.05) is 13.2 Å². The van der Waals surface area contributed by atoms with Gasteiger partial charge in [-0.3, -0.25) is 14.6 Å². The Kier molecular flexibility index (Phi) is 5.28. The molecule has 0 fully saturated rings. The van der Waals surface area contributed by atoms with Gasteiger partial charge in [0.05, 0.1) is 12.2 Å². The van der Waals surface area contributed by atoms with E-state index in [1.54, 1.807) is 6.20 Å². The minimum atomic E-state index is -0.817. The zero-order chi connectivity index (χ0) is 17.6. The molecule has 2 aromatic rings. The van der Waals surface area contributed by atoms with Crippen LogP contribution in [0.1, 0.15) is 35.2 Å². The van der Waals surface area contributed by atoms with E-state index in [1.807, 2.05) is 18.2 Å². The van der Waals surface area contributed by atoms with E-state index in [1.165, 1.54) is 11.8 Å². The molecule has 1 aliphatic rings. The second-order valence-corrected chi connectivity index (χ2v) is 5.99. The summed E-state index contributed by atoms with van der Waals surface area (Å²) in [7, 11) is 0. The first-order valence-electron chi connectivity index (χ1n) is 8.34. The molecule has 130 valence electrons. The molecule has 0 aliphatic carbocycles. The summed E-state index contributed by atoms with van der Waals surface area (Å²) in [6.45, 7) is 1.16. The number of fused-ring (bicyclic) bond motifs is 1. The second-order valence-electron chi connectivity index (χ2n) is 5.99. The van der Waals surface area contributed by atoms with Crippen LogP contribution in [0.5, 0.6) is 5.75 Å². The molecule has 0 saturated heterocycles. The van der Waals surface area contributed by atoms with Crippen LogP contribution in [0, 0.1) is 0 Å². The molecule has 2 heterocycles. The lowest BCUT2D eigenvalue weighted by atomic mass is 10.0. The van der Waals surface area contributed by atoms with Crippen LogP contribution in [0.3, 0.4) is 0 Å². The Labute approximate surface area is 145 Å². The number of nitrogens with one attached hydrogen (secondary N) is 1. The molecule has 1 aromatic heterocycles. The molecular weight excluding hydrogens is 320 g/mol. The van der Waals surface area contributed by atoms with Crippen molar-refractivity contribution < 1.29 is 19.4 Å². The predicted molar refractivity (Wildman–Crippen MR) is 92.7 cm³/mol. The molecule has 0 radical (unpaired) electrons. The highest BCUT2D eigenvalue weighted by molar-refractivity contribution is 5.95. The number of carboxylic acid groups (broad SMARTS) is 1. The molecule has 1 aliphatic heterocycles. The van der Waals surface area contributed by atoms with Crippen LogP contribution in [-0.4, -0.2) is 35.1 Å². The summed E-state index contributed by atoms with van der Waals surface area (Å²) in [6.07, 6.45) is 5.47. The van der Waals surface area contributed by atoms with E-state index in [0.717, 1.165) is 23.3 Å². The van der Waals surface area contributed by atoms with Crippen molar-refractivity contribution in [1.29, 1.82) is 0 Å². The van der Waals surface area contributed by atoms with Gasteiger partial charge in [0.25, 0.3) is 5.91 Å². The molecule has 0 unspecified atom stereocenters. The summed E-state index contributed by atoms with van der Waals surface area (Å²) in [4.78, 5) is 26.9. The Morgan fingerprint density at radius 3 is 2.88 bits per heavy atom. The average Bonchev–Trinajstić information content (AvgIpc) is 3.09. The maximum absolute atomic E-state index is 12.2. The summed E-state index contributed by atoms with van der Waals surface area (Å²) >= 11 is 0. The number of carbonyl (C=O) groups is 2. The normalized spacial score (nSPS) is 12.3. The highest BCUT2D eigenvalue weighted by Crippen LogP contribution is 2.30. The van der Waals surface area contributed by atoms with Crippen molar-refractivity contribution in [3.05, 3.63) is 47.8 Å². The first-order valence-corrected chi connectivity index (χ1v) is 8.34. The minimum Gasteiger partial charge on any atom is -0.493 e. The number of carboxylic acids is 1. The molecule has 1 amide bonds. The Morgan fingerprint density at radius 1 is 1.16 bits per heavy atom. The lowest BCUT2D eigenvalue weighted by Crippen LogP contribution is -2.24. The molecule has 0 atom stereocenters. The molecule has 0 bridgehead atoms. The fraction of sp³-hybridized carbons (Fsp3) is 0.316. The Bertz CT molecular complexity index is 789. The average molecular weight is 340 g/mol. The molecule has 3 rings (SSSR count). The minimum absolute atomic E-state index is 0.120. The molecule has 2 N–H and O–H groups in total. The van der Waals surface area contributed by atoms with Gasteiger partial charge in [-0.05, 0) is 42.2 Å². The van der Waals surface area contributed by atoms with Gasteiger partial charge in [0, 0.05) is 37.3 Å². The summed E-state index contributed by atoms with van der Waals surface area (Å²) in [5.41, 5.74) is 3.55. The van der Waals surface area contributed by atoms with Gasteiger partial charge in [0.1, 0.15) is 5.75 Å². The lowest BCUT2D eigenvalue weighted by molar-refractivity contribution is -0.137. The van der Waals surface area contributed by atoms with Crippen LogP contribution in [-0.2, 0) is 11.2 Å². The standard InChI is InChI=1S/C19H20N2O4/c22-18(23)3-1-2-7-21-19(24)16-10-15(11-20-12-16)13-4-5-17-14(9-13)6-8-25-17/h4-5,9-12H,1-3,6-8H2,(H,21,24)(H,22,23). The fourth-order valence-electron chi connectivity index (χ4n) is 2.79. The van der Waals surface area contributed by atoms with E-state index in [2.05, 4.69) is 16.4 Å². The largest absolute Gasteiger partial charge is 0.493 e. The van der Waals surface area contributed by atoms with Crippen LogP contribution in [0.4, 0.5) is 0 Å². The predicted octanol–water partition coefficient (Wildman–Crippen LogP) is 2.67. The van der Waals surface area contributed by atoms with Gasteiger partial charge >= 0.3 is 5.97 Å². The fourth-order valence-corrected chi connectivity index (χ4v) is 2.79. The topological polar surface area (TPSA) is 88.5 Å². The van der Waals surface area contributed by atoms with E-state index in [4.69, 9.17) is 9.84 Å². The van der Waals surface area contributed by atoms with Gasteiger partial charge in [0.15, 0.2) is 0 Å². The number of nitrogens with zero attached hydrogens (tertiary/aromatic N) is 1. The monoisotopic (exact) mass is 340 g/mol. The van der Waals surface area contributed by atoms with Crippen molar-refractivity contribution >= 4 is 11.9 Å². The van der Waals surface area contributed by atoms with Crippen LogP contribution in [0.15, 0.2) is 36.7 Å². The first-order chi connectivity index (χ1) is 12.1. The molecule has 0 saturated carbocycles. The number of aliphatic carboxylic acids is 1. The number of amides is 1. The van der Waals surface area contributed by atoms with Crippen molar-refractivity contribution in [1.82, 2.24) is 10.3 Å². The second kappa shape index (κ2) is 7.79. The number of ether oxygens (including phenoxy) is 1. The van der Waals surface area contributed by atoms with Gasteiger partial charge in [-0.2, -0.15) is 0 Å². The number of benzene rings is 1. The maximum atomic E-state index is 12.2. The summed E-state index contributed by atoms with van der Waals surface area (Å²) < 4.78 is 5.51. The Morgan fingerprint density at radius 2 is 2.04 bits per heavy atom. The van der Waals surface area contributed by atoms with Gasteiger partial charge < -0.3 is 15.2 Å². The third kappa shape index (κ3) is 4.35. The maximum Gasteiger partial charge on any atom is 0.303 e. The highest BCUT2D eigenvalue weighted by atomic mass is 16.5. The summed E-state index contributed by atoms with van der Waals surface area (Å²) in [6, 6.07) is 7.81. The molecule has 6 nitrogen and oxygen atoms in total. The lowest BCUT2D eigenvalue weighted by Gasteiger charge is -2.08.